The van der Waals surface area contributed by atoms with Crippen molar-refractivity contribution in [1.82, 2.24) is 0 Å². The summed E-state index contributed by atoms with van der Waals surface area (Å²) < 4.78 is 14.4. The maximum absolute atomic E-state index is 10.5. The Balaban J connectivity index is 3.89. The fourth-order valence-electron chi connectivity index (χ4n) is 0.457. The number of ether oxygens (including phenoxy) is 1. The topological polar surface area (TPSA) is 101 Å². The van der Waals surface area contributed by atoms with Crippen LogP contribution in [-0.2, 0) is 18.9 Å². The monoisotopic (exact) mass is 196 g/mol. The summed E-state index contributed by atoms with van der Waals surface area (Å²) in [7, 11) is -3.54. The molecule has 0 aromatic heterocycles. The Morgan fingerprint density at radius 3 is 2.17 bits per heavy atom. The van der Waals surface area contributed by atoms with Crippen LogP contribution in [0.1, 0.15) is 12.8 Å². The first-order valence-corrected chi connectivity index (χ1v) is 4.65. The molecule has 6 nitrogen and oxygen atoms in total. The molecule has 0 saturated carbocycles. The molecule has 0 amide bonds. The Labute approximate surface area is 68.7 Å². The molecule has 0 heterocycles. The number of rotatable bonds is 4. The molecule has 0 aliphatic heterocycles. The lowest BCUT2D eigenvalue weighted by Crippen LogP contribution is -2.05. The van der Waals surface area contributed by atoms with Crippen LogP contribution in [-0.4, -0.2) is 28.4 Å². The maximum atomic E-state index is 10.5. The highest BCUT2D eigenvalue weighted by molar-refractivity contribution is 7.70. The zero-order valence-electron chi connectivity index (χ0n) is 6.39. The van der Waals surface area contributed by atoms with Crippen LogP contribution in [0.2, 0.25) is 0 Å². The van der Waals surface area contributed by atoms with E-state index in [1.54, 1.807) is 0 Å². The summed E-state index contributed by atoms with van der Waals surface area (Å²) in [6.07, 6.45) is -0.794. The predicted octanol–water partition coefficient (Wildman–Crippen LogP) is -0.356. The lowest BCUT2D eigenvalue weighted by atomic mass is 10.3. The second kappa shape index (κ2) is 4.35. The van der Waals surface area contributed by atoms with Crippen molar-refractivity contribution in [3.63, 3.8) is 0 Å². The van der Waals surface area contributed by atoms with Crippen LogP contribution in [0.3, 0.4) is 0 Å². The SMILES string of the molecule is COC(=O)CCC(=O)P(=O)(O)O. The molecule has 2 N–H and O–H groups in total. The number of carbonyl (C=O) groups excluding carboxylic acids is 2. The van der Waals surface area contributed by atoms with E-state index in [0.29, 0.717) is 0 Å². The third-order valence-electron chi connectivity index (χ3n) is 1.10. The molecule has 0 rings (SSSR count). The fourth-order valence-corrected chi connectivity index (χ4v) is 0.860. The van der Waals surface area contributed by atoms with Crippen molar-refractivity contribution < 1.29 is 28.7 Å². The first kappa shape index (κ1) is 11.3. The Kier molecular flexibility index (Phi) is 4.09. The van der Waals surface area contributed by atoms with E-state index in [-0.39, 0.29) is 6.42 Å². The van der Waals surface area contributed by atoms with Gasteiger partial charge in [-0.3, -0.25) is 14.2 Å². The summed E-state index contributed by atoms with van der Waals surface area (Å²) >= 11 is 0. The minimum absolute atomic E-state index is 0.305. The molecule has 0 aliphatic rings. The van der Waals surface area contributed by atoms with Gasteiger partial charge in [0.25, 0.3) is 0 Å². The van der Waals surface area contributed by atoms with Crippen LogP contribution in [0.5, 0.6) is 0 Å². The number of hydrogen-bond donors (Lipinski definition) is 2. The molecule has 0 aromatic carbocycles. The Hall–Kier alpha value is -0.710. The average molecular weight is 196 g/mol. The van der Waals surface area contributed by atoms with Gasteiger partial charge in [-0.1, -0.05) is 0 Å². The molecule has 0 aromatic rings. The van der Waals surface area contributed by atoms with E-state index in [1.807, 2.05) is 0 Å². The molecule has 0 fully saturated rings. The van der Waals surface area contributed by atoms with E-state index in [2.05, 4.69) is 4.74 Å². The minimum Gasteiger partial charge on any atom is -0.469 e. The molecule has 0 saturated heterocycles. The van der Waals surface area contributed by atoms with Gasteiger partial charge in [0.05, 0.1) is 13.5 Å². The number of hydrogen-bond acceptors (Lipinski definition) is 4. The van der Waals surface area contributed by atoms with E-state index >= 15 is 0 Å². The van der Waals surface area contributed by atoms with Crippen LogP contribution in [0, 0.1) is 0 Å². The highest BCUT2D eigenvalue weighted by Crippen LogP contribution is 2.37. The van der Waals surface area contributed by atoms with E-state index in [4.69, 9.17) is 9.79 Å². The zero-order valence-corrected chi connectivity index (χ0v) is 7.28. The number of methoxy groups -OCH3 is 1. The quantitative estimate of drug-likeness (QED) is 0.470. The molecule has 0 unspecified atom stereocenters. The third-order valence-corrected chi connectivity index (χ3v) is 1.97. The lowest BCUT2D eigenvalue weighted by Gasteiger charge is -2.00. The van der Waals surface area contributed by atoms with E-state index < -0.39 is 25.5 Å². The largest absolute Gasteiger partial charge is 0.469 e. The van der Waals surface area contributed by atoms with Crippen LogP contribution >= 0.6 is 7.60 Å². The summed E-state index contributed by atoms with van der Waals surface area (Å²) in [5.41, 5.74) is -1.24. The second-order valence-electron chi connectivity index (χ2n) is 2.01. The van der Waals surface area contributed by atoms with Gasteiger partial charge >= 0.3 is 13.6 Å². The normalized spacial score (nSPS) is 10.9. The smallest absolute Gasteiger partial charge is 0.391 e. The Morgan fingerprint density at radius 1 is 1.33 bits per heavy atom. The van der Waals surface area contributed by atoms with Gasteiger partial charge in [-0.2, -0.15) is 0 Å². The number of esters is 1. The van der Waals surface area contributed by atoms with E-state index in [0.717, 1.165) is 7.11 Å². The van der Waals surface area contributed by atoms with Gasteiger partial charge in [-0.05, 0) is 0 Å². The first-order valence-electron chi connectivity index (χ1n) is 3.03. The summed E-state index contributed by atoms with van der Waals surface area (Å²) in [6.45, 7) is 0. The summed E-state index contributed by atoms with van der Waals surface area (Å²) in [5.74, 6) is -0.670. The van der Waals surface area contributed by atoms with Crippen LogP contribution < -0.4 is 0 Å². The predicted molar refractivity (Wildman–Crippen MR) is 38.3 cm³/mol. The Bertz CT molecular complexity index is 228. The van der Waals surface area contributed by atoms with Crippen LogP contribution in [0.15, 0.2) is 0 Å². The molecule has 0 atom stereocenters. The number of carbonyl (C=O) groups is 2. The van der Waals surface area contributed by atoms with Crippen molar-refractivity contribution in [2.75, 3.05) is 7.11 Å². The van der Waals surface area contributed by atoms with Crippen LogP contribution in [0.25, 0.3) is 0 Å². The van der Waals surface area contributed by atoms with Crippen LogP contribution in [0.4, 0.5) is 0 Å². The lowest BCUT2D eigenvalue weighted by molar-refractivity contribution is -0.141. The molecule has 12 heavy (non-hydrogen) atoms. The van der Waals surface area contributed by atoms with Crippen molar-refractivity contribution >= 4 is 19.1 Å². The highest BCUT2D eigenvalue weighted by Gasteiger charge is 2.25. The fraction of sp³-hybridized carbons (Fsp3) is 0.600. The molecular formula is C5H9O6P. The molecular weight excluding hydrogens is 187 g/mol. The molecule has 0 radical (unpaired) electrons. The van der Waals surface area contributed by atoms with Crippen molar-refractivity contribution in [2.45, 2.75) is 12.8 Å². The van der Waals surface area contributed by atoms with E-state index in [1.165, 1.54) is 0 Å². The van der Waals surface area contributed by atoms with Gasteiger partial charge in [0.2, 0.25) is 5.52 Å². The molecule has 0 spiro atoms. The standard InChI is InChI=1S/C5H9O6P/c1-11-4(6)2-3-5(7)12(8,9)10/h2-3H2,1H3,(H2,8,9,10). The van der Waals surface area contributed by atoms with Crippen molar-refractivity contribution in [2.24, 2.45) is 0 Å². The summed E-state index contributed by atoms with van der Waals surface area (Å²) in [6, 6.07) is 0. The summed E-state index contributed by atoms with van der Waals surface area (Å²) in [5, 5.41) is 0. The zero-order chi connectivity index (χ0) is 9.78. The average Bonchev–Trinajstić information content (AvgIpc) is 1.97. The first-order chi connectivity index (χ1) is 5.38. The third kappa shape index (κ3) is 4.23. The van der Waals surface area contributed by atoms with E-state index in [9.17, 15) is 14.2 Å². The maximum Gasteiger partial charge on any atom is 0.391 e. The minimum atomic E-state index is -4.67. The Morgan fingerprint density at radius 2 is 1.83 bits per heavy atom. The van der Waals surface area contributed by atoms with Gasteiger partial charge in [-0.25, -0.2) is 0 Å². The highest BCUT2D eigenvalue weighted by atomic mass is 31.2. The molecule has 0 bridgehead atoms. The second-order valence-corrected chi connectivity index (χ2v) is 3.60. The molecule has 70 valence electrons. The van der Waals surface area contributed by atoms with Gasteiger partial charge in [0.15, 0.2) is 0 Å². The van der Waals surface area contributed by atoms with Crippen molar-refractivity contribution in [3.8, 4) is 0 Å². The van der Waals surface area contributed by atoms with Crippen molar-refractivity contribution in [1.29, 1.82) is 0 Å². The summed E-state index contributed by atoms with van der Waals surface area (Å²) in [4.78, 5) is 37.5. The van der Waals surface area contributed by atoms with Gasteiger partial charge < -0.3 is 14.5 Å². The van der Waals surface area contributed by atoms with Gasteiger partial charge in [0, 0.05) is 6.42 Å². The van der Waals surface area contributed by atoms with Gasteiger partial charge in [-0.15, -0.1) is 0 Å². The van der Waals surface area contributed by atoms with Crippen molar-refractivity contribution in [3.05, 3.63) is 0 Å². The van der Waals surface area contributed by atoms with Gasteiger partial charge in [0.1, 0.15) is 0 Å². The molecule has 0 aliphatic carbocycles. The molecule has 7 heteroatoms.